The molecule has 1 amide bonds. The maximum atomic E-state index is 12.9. The van der Waals surface area contributed by atoms with E-state index in [1.54, 1.807) is 11.3 Å². The van der Waals surface area contributed by atoms with Gasteiger partial charge in [0, 0.05) is 22.5 Å². The maximum Gasteiger partial charge on any atom is 0.251 e. The highest BCUT2D eigenvalue weighted by atomic mass is 35.5. The van der Waals surface area contributed by atoms with Crippen molar-refractivity contribution in [2.24, 2.45) is 5.92 Å². The highest BCUT2D eigenvalue weighted by Crippen LogP contribution is 2.32. The van der Waals surface area contributed by atoms with E-state index in [1.807, 2.05) is 30.3 Å². The van der Waals surface area contributed by atoms with Gasteiger partial charge in [-0.15, -0.1) is 36.2 Å². The van der Waals surface area contributed by atoms with E-state index in [1.165, 1.54) is 61.2 Å². The zero-order valence-electron chi connectivity index (χ0n) is 21.7. The van der Waals surface area contributed by atoms with Gasteiger partial charge in [0.15, 0.2) is 5.13 Å². The number of carbonyl (C=O) groups is 1. The van der Waals surface area contributed by atoms with Crippen molar-refractivity contribution in [3.05, 3.63) is 58.6 Å². The third kappa shape index (κ3) is 7.38. The molecular weight excluding hydrogens is 523 g/mol. The molecule has 1 aromatic heterocycles. The summed E-state index contributed by atoms with van der Waals surface area (Å²) in [6.07, 6.45) is 10.4. The van der Waals surface area contributed by atoms with Crippen LogP contribution in [0.3, 0.4) is 0 Å². The highest BCUT2D eigenvalue weighted by Gasteiger charge is 2.28. The SMILES string of the molecule is CCCN(CCC1CCC(NC(=O)c2ccc3ccccc3c2)CC1)[C@H]1CCc2nc(N)sc2C1.Cl.Cl. The van der Waals surface area contributed by atoms with Gasteiger partial charge in [-0.2, -0.15) is 0 Å². The second kappa shape index (κ2) is 13.8. The number of benzene rings is 2. The summed E-state index contributed by atoms with van der Waals surface area (Å²) < 4.78 is 0. The number of nitrogens with zero attached hydrogens (tertiary/aromatic N) is 2. The lowest BCUT2D eigenvalue weighted by atomic mass is 9.83. The van der Waals surface area contributed by atoms with Crippen LogP contribution in [-0.2, 0) is 12.8 Å². The van der Waals surface area contributed by atoms with Crippen molar-refractivity contribution < 1.29 is 4.79 Å². The summed E-state index contributed by atoms with van der Waals surface area (Å²) in [5.74, 6) is 0.829. The average Bonchev–Trinajstić information content (AvgIpc) is 3.26. The van der Waals surface area contributed by atoms with E-state index in [4.69, 9.17) is 5.73 Å². The standard InChI is InChI=1S/C29H38N4OS.2ClH/c1-2-16-33(25-13-14-26-27(19-25)35-29(30)32-26)17-15-20-7-11-24(12-8-20)31-28(34)23-10-9-21-5-3-4-6-22(21)18-23;;/h3-6,9-10,18,20,24-25H,2,7-8,11-17,19H2,1H3,(H2,30,32)(H,31,34);2*1H/t20?,24?,25-;;/m0../s1. The Balaban J connectivity index is 0.00000190. The summed E-state index contributed by atoms with van der Waals surface area (Å²) in [6, 6.07) is 15.1. The molecule has 3 aromatic rings. The number of nitrogens with two attached hydrogens (primary N) is 1. The molecule has 0 spiro atoms. The van der Waals surface area contributed by atoms with E-state index in [0.717, 1.165) is 47.7 Å². The first-order chi connectivity index (χ1) is 17.1. The highest BCUT2D eigenvalue weighted by molar-refractivity contribution is 7.15. The van der Waals surface area contributed by atoms with Crippen molar-refractivity contribution in [3.63, 3.8) is 0 Å². The minimum Gasteiger partial charge on any atom is -0.375 e. The van der Waals surface area contributed by atoms with E-state index < -0.39 is 0 Å². The maximum absolute atomic E-state index is 12.9. The van der Waals surface area contributed by atoms with Crippen LogP contribution in [0.2, 0.25) is 0 Å². The number of hydrogen-bond acceptors (Lipinski definition) is 5. The number of halogens is 2. The number of fused-ring (bicyclic) bond motifs is 2. The average molecular weight is 564 g/mol. The summed E-state index contributed by atoms with van der Waals surface area (Å²) in [5.41, 5.74) is 7.96. The molecule has 2 aliphatic rings. The van der Waals surface area contributed by atoms with Gasteiger partial charge >= 0.3 is 0 Å². The molecule has 3 N–H and O–H groups in total. The molecule has 0 unspecified atom stereocenters. The van der Waals surface area contributed by atoms with Crippen LogP contribution >= 0.6 is 36.2 Å². The Labute approximate surface area is 237 Å². The monoisotopic (exact) mass is 562 g/mol. The van der Waals surface area contributed by atoms with Gasteiger partial charge < -0.3 is 16.0 Å². The lowest BCUT2D eigenvalue weighted by molar-refractivity contribution is 0.0918. The minimum absolute atomic E-state index is 0. The van der Waals surface area contributed by atoms with Crippen LogP contribution in [0.4, 0.5) is 5.13 Å². The van der Waals surface area contributed by atoms with Gasteiger partial charge in [-0.05, 0) is 99.7 Å². The molecule has 0 aliphatic heterocycles. The molecule has 202 valence electrons. The van der Waals surface area contributed by atoms with Crippen LogP contribution in [0, 0.1) is 5.92 Å². The molecule has 37 heavy (non-hydrogen) atoms. The van der Waals surface area contributed by atoms with Crippen LogP contribution in [0.25, 0.3) is 10.8 Å². The number of nitrogens with one attached hydrogen (secondary N) is 1. The molecule has 5 nitrogen and oxygen atoms in total. The predicted octanol–water partition coefficient (Wildman–Crippen LogP) is 6.67. The van der Waals surface area contributed by atoms with Crippen LogP contribution in [0.5, 0.6) is 0 Å². The van der Waals surface area contributed by atoms with E-state index in [-0.39, 0.29) is 30.7 Å². The summed E-state index contributed by atoms with van der Waals surface area (Å²) >= 11 is 1.68. The lowest BCUT2D eigenvalue weighted by Gasteiger charge is -2.36. The van der Waals surface area contributed by atoms with Crippen LogP contribution in [0.15, 0.2) is 42.5 Å². The predicted molar refractivity (Wildman–Crippen MR) is 160 cm³/mol. The van der Waals surface area contributed by atoms with E-state index >= 15 is 0 Å². The normalized spacial score (nSPS) is 21.1. The fourth-order valence-electron chi connectivity index (χ4n) is 6.00. The number of aryl methyl sites for hydroxylation is 1. The molecule has 0 radical (unpaired) electrons. The molecule has 0 saturated heterocycles. The summed E-state index contributed by atoms with van der Waals surface area (Å²) in [7, 11) is 0. The van der Waals surface area contributed by atoms with E-state index in [0.29, 0.717) is 12.1 Å². The van der Waals surface area contributed by atoms with E-state index in [2.05, 4.69) is 34.3 Å². The smallest absolute Gasteiger partial charge is 0.251 e. The minimum atomic E-state index is 0. The zero-order valence-corrected chi connectivity index (χ0v) is 24.1. The van der Waals surface area contributed by atoms with Gasteiger partial charge in [0.2, 0.25) is 0 Å². The third-order valence-electron chi connectivity index (χ3n) is 7.98. The van der Waals surface area contributed by atoms with Crippen molar-refractivity contribution in [2.45, 2.75) is 76.8 Å². The number of thiazole rings is 1. The van der Waals surface area contributed by atoms with Gasteiger partial charge in [0.05, 0.1) is 5.69 Å². The Hall–Kier alpha value is -1.86. The summed E-state index contributed by atoms with van der Waals surface area (Å²) in [4.78, 5) is 21.5. The number of rotatable bonds is 8. The van der Waals surface area contributed by atoms with Crippen molar-refractivity contribution in [3.8, 4) is 0 Å². The lowest BCUT2D eigenvalue weighted by Crippen LogP contribution is -2.41. The number of amides is 1. The van der Waals surface area contributed by atoms with Gasteiger partial charge in [-0.1, -0.05) is 37.3 Å². The Morgan fingerprint density at radius 1 is 1.05 bits per heavy atom. The van der Waals surface area contributed by atoms with Crippen molar-refractivity contribution in [1.82, 2.24) is 15.2 Å². The summed E-state index contributed by atoms with van der Waals surface area (Å²) in [5, 5.41) is 6.32. The molecule has 1 heterocycles. The fraction of sp³-hybridized carbons (Fsp3) is 0.517. The molecule has 1 saturated carbocycles. The molecule has 0 bridgehead atoms. The molecule has 2 aromatic carbocycles. The molecular formula is C29H40Cl2N4OS. The van der Waals surface area contributed by atoms with Gasteiger partial charge in [0.25, 0.3) is 5.91 Å². The quantitative estimate of drug-likeness (QED) is 0.321. The Morgan fingerprint density at radius 3 is 2.57 bits per heavy atom. The molecule has 5 rings (SSSR count). The Bertz CT molecular complexity index is 1160. The third-order valence-corrected chi connectivity index (χ3v) is 8.92. The molecule has 8 heteroatoms. The number of nitrogen functional groups attached to an aromatic ring is 1. The number of aromatic nitrogens is 1. The number of hydrogen-bond donors (Lipinski definition) is 2. The zero-order chi connectivity index (χ0) is 24.2. The van der Waals surface area contributed by atoms with Crippen molar-refractivity contribution in [2.75, 3.05) is 18.8 Å². The fourth-order valence-corrected chi connectivity index (χ4v) is 6.95. The first-order valence-electron chi connectivity index (χ1n) is 13.4. The summed E-state index contributed by atoms with van der Waals surface area (Å²) in [6.45, 7) is 4.64. The van der Waals surface area contributed by atoms with Gasteiger partial charge in [-0.3, -0.25) is 4.79 Å². The largest absolute Gasteiger partial charge is 0.375 e. The molecule has 1 fully saturated rings. The molecule has 1 atom stereocenters. The van der Waals surface area contributed by atoms with E-state index in [9.17, 15) is 4.79 Å². The van der Waals surface area contributed by atoms with Crippen LogP contribution in [0.1, 0.15) is 72.8 Å². The van der Waals surface area contributed by atoms with Crippen molar-refractivity contribution in [1.29, 1.82) is 0 Å². The van der Waals surface area contributed by atoms with Crippen LogP contribution in [-0.4, -0.2) is 41.0 Å². The number of anilines is 1. The Morgan fingerprint density at radius 2 is 1.81 bits per heavy atom. The number of carbonyl (C=O) groups excluding carboxylic acids is 1. The van der Waals surface area contributed by atoms with Gasteiger partial charge in [-0.25, -0.2) is 4.98 Å². The topological polar surface area (TPSA) is 71.2 Å². The Kier molecular flexibility index (Phi) is 11.1. The van der Waals surface area contributed by atoms with Crippen molar-refractivity contribution >= 4 is 58.0 Å². The van der Waals surface area contributed by atoms with Gasteiger partial charge in [0.1, 0.15) is 0 Å². The molecule has 2 aliphatic carbocycles. The second-order valence-corrected chi connectivity index (χ2v) is 11.5. The first kappa shape index (κ1) is 29.7. The van der Waals surface area contributed by atoms with Crippen LogP contribution < -0.4 is 11.1 Å². The second-order valence-electron chi connectivity index (χ2n) is 10.4. The first-order valence-corrected chi connectivity index (χ1v) is 14.2.